The molecule has 0 amide bonds. The number of hydrazone groups is 1. The molecule has 1 aromatic heterocycles. The van der Waals surface area contributed by atoms with Crippen LogP contribution in [0.1, 0.15) is 32.1 Å². The summed E-state index contributed by atoms with van der Waals surface area (Å²) in [5, 5.41) is 6.19. The zero-order valence-corrected chi connectivity index (χ0v) is 11.0. The van der Waals surface area contributed by atoms with Crippen LogP contribution in [0, 0.1) is 0 Å². The Balaban J connectivity index is 1.95. The van der Waals surface area contributed by atoms with Crippen LogP contribution in [0.25, 0.3) is 0 Å². The average molecular weight is 252 g/mol. The van der Waals surface area contributed by atoms with Crippen molar-refractivity contribution in [3.05, 3.63) is 22.4 Å². The Morgan fingerprint density at radius 1 is 1.59 bits per heavy atom. The number of rotatable bonds is 2. The quantitative estimate of drug-likeness (QED) is 0.821. The van der Waals surface area contributed by atoms with Crippen molar-refractivity contribution < 1.29 is 9.53 Å². The van der Waals surface area contributed by atoms with E-state index < -0.39 is 5.60 Å². The lowest BCUT2D eigenvalue weighted by molar-refractivity contribution is -0.157. The standard InChI is InChI=1S/C12H16N2O2S/c1-12(2,3)16-11(15)9-7-8(13-14-9)10-5-4-6-17-10/h4-6,9,14H,7H2,1-3H3. The zero-order chi connectivity index (χ0) is 12.5. The predicted octanol–water partition coefficient (Wildman–Crippen LogP) is 2.16. The number of carbonyl (C=O) groups excluding carboxylic acids is 1. The van der Waals surface area contributed by atoms with Crippen molar-refractivity contribution in [1.29, 1.82) is 0 Å². The Hall–Kier alpha value is -1.36. The van der Waals surface area contributed by atoms with Crippen LogP contribution in [0.3, 0.4) is 0 Å². The summed E-state index contributed by atoms with van der Waals surface area (Å²) in [6.45, 7) is 5.59. The van der Waals surface area contributed by atoms with Gasteiger partial charge in [-0.3, -0.25) is 5.43 Å². The molecule has 2 heterocycles. The summed E-state index contributed by atoms with van der Waals surface area (Å²) in [7, 11) is 0. The first kappa shape index (κ1) is 12.1. The van der Waals surface area contributed by atoms with Gasteiger partial charge < -0.3 is 4.74 Å². The normalized spacial score (nSPS) is 19.7. The van der Waals surface area contributed by atoms with Gasteiger partial charge in [0.1, 0.15) is 11.6 Å². The minimum atomic E-state index is -0.454. The first-order chi connectivity index (χ1) is 7.96. The summed E-state index contributed by atoms with van der Waals surface area (Å²) < 4.78 is 5.32. The van der Waals surface area contributed by atoms with Crippen molar-refractivity contribution in [2.45, 2.75) is 38.8 Å². The van der Waals surface area contributed by atoms with Crippen molar-refractivity contribution in [2.75, 3.05) is 0 Å². The fraction of sp³-hybridized carbons (Fsp3) is 0.500. The molecule has 1 unspecified atom stereocenters. The van der Waals surface area contributed by atoms with E-state index in [2.05, 4.69) is 10.5 Å². The molecule has 0 saturated heterocycles. The van der Waals surface area contributed by atoms with E-state index in [1.807, 2.05) is 38.3 Å². The molecule has 1 atom stereocenters. The summed E-state index contributed by atoms with van der Waals surface area (Å²) in [6, 6.07) is 3.62. The molecule has 0 spiro atoms. The van der Waals surface area contributed by atoms with Crippen LogP contribution in [-0.4, -0.2) is 23.3 Å². The summed E-state index contributed by atoms with van der Waals surface area (Å²) in [4.78, 5) is 12.9. The lowest BCUT2D eigenvalue weighted by Gasteiger charge is -2.21. The van der Waals surface area contributed by atoms with Crippen LogP contribution in [0.5, 0.6) is 0 Å². The molecule has 1 aliphatic heterocycles. The molecule has 4 nitrogen and oxygen atoms in total. The van der Waals surface area contributed by atoms with E-state index >= 15 is 0 Å². The third-order valence-electron chi connectivity index (χ3n) is 2.25. The van der Waals surface area contributed by atoms with Gasteiger partial charge in [0.15, 0.2) is 0 Å². The minimum absolute atomic E-state index is 0.243. The molecule has 0 aliphatic carbocycles. The van der Waals surface area contributed by atoms with E-state index in [9.17, 15) is 4.79 Å². The van der Waals surface area contributed by atoms with Gasteiger partial charge in [-0.1, -0.05) is 6.07 Å². The molecular formula is C12H16N2O2S. The Morgan fingerprint density at radius 2 is 2.35 bits per heavy atom. The van der Waals surface area contributed by atoms with Crippen molar-refractivity contribution in [3.63, 3.8) is 0 Å². The second kappa shape index (κ2) is 4.49. The fourth-order valence-electron chi connectivity index (χ4n) is 1.55. The van der Waals surface area contributed by atoms with Gasteiger partial charge in [-0.2, -0.15) is 5.10 Å². The number of carbonyl (C=O) groups is 1. The second-order valence-electron chi connectivity index (χ2n) is 4.96. The van der Waals surface area contributed by atoms with Gasteiger partial charge in [0.25, 0.3) is 0 Å². The lowest BCUT2D eigenvalue weighted by Crippen LogP contribution is -2.36. The summed E-state index contributed by atoms with van der Waals surface area (Å²) in [6.07, 6.45) is 0.593. The van der Waals surface area contributed by atoms with Crippen molar-refractivity contribution in [2.24, 2.45) is 5.10 Å². The Kier molecular flexibility index (Phi) is 3.19. The largest absolute Gasteiger partial charge is 0.458 e. The first-order valence-electron chi connectivity index (χ1n) is 5.54. The number of hydrogen-bond acceptors (Lipinski definition) is 5. The molecular weight excluding hydrogens is 236 g/mol. The van der Waals surface area contributed by atoms with Crippen LogP contribution >= 0.6 is 11.3 Å². The first-order valence-corrected chi connectivity index (χ1v) is 6.42. The monoisotopic (exact) mass is 252 g/mol. The molecule has 0 bridgehead atoms. The smallest absolute Gasteiger partial charge is 0.331 e. The number of nitrogens with one attached hydrogen (secondary N) is 1. The van der Waals surface area contributed by atoms with E-state index in [4.69, 9.17) is 4.74 Å². The molecule has 5 heteroatoms. The molecule has 1 aliphatic rings. The van der Waals surface area contributed by atoms with Gasteiger partial charge in [-0.25, -0.2) is 4.79 Å². The second-order valence-corrected chi connectivity index (χ2v) is 5.90. The number of esters is 1. The van der Waals surface area contributed by atoms with E-state index in [0.717, 1.165) is 10.6 Å². The maximum Gasteiger partial charge on any atom is 0.331 e. The van der Waals surface area contributed by atoms with Gasteiger partial charge in [0.2, 0.25) is 0 Å². The summed E-state index contributed by atoms with van der Waals surface area (Å²) >= 11 is 1.62. The number of ether oxygens (including phenoxy) is 1. The van der Waals surface area contributed by atoms with Crippen molar-refractivity contribution in [1.82, 2.24) is 5.43 Å². The SMILES string of the molecule is CC(C)(C)OC(=O)C1CC(c2cccs2)=NN1. The van der Waals surface area contributed by atoms with Gasteiger partial charge in [0.05, 0.1) is 10.6 Å². The highest BCUT2D eigenvalue weighted by Crippen LogP contribution is 2.19. The molecule has 92 valence electrons. The minimum Gasteiger partial charge on any atom is -0.458 e. The van der Waals surface area contributed by atoms with Crippen LogP contribution in [-0.2, 0) is 9.53 Å². The van der Waals surface area contributed by atoms with Gasteiger partial charge in [-0.05, 0) is 32.2 Å². The van der Waals surface area contributed by atoms with Gasteiger partial charge in [-0.15, -0.1) is 11.3 Å². The van der Waals surface area contributed by atoms with Crippen molar-refractivity contribution >= 4 is 23.0 Å². The number of hydrogen-bond donors (Lipinski definition) is 1. The molecule has 0 saturated carbocycles. The molecule has 2 rings (SSSR count). The van der Waals surface area contributed by atoms with E-state index in [-0.39, 0.29) is 12.0 Å². The fourth-order valence-corrected chi connectivity index (χ4v) is 2.27. The zero-order valence-electron chi connectivity index (χ0n) is 10.2. The molecule has 0 fully saturated rings. The Morgan fingerprint density at radius 3 is 2.94 bits per heavy atom. The molecule has 1 N–H and O–H groups in total. The maximum atomic E-state index is 11.8. The van der Waals surface area contributed by atoms with Gasteiger partial charge >= 0.3 is 5.97 Å². The van der Waals surface area contributed by atoms with E-state index in [1.54, 1.807) is 11.3 Å². The average Bonchev–Trinajstić information content (AvgIpc) is 2.86. The lowest BCUT2D eigenvalue weighted by atomic mass is 10.1. The summed E-state index contributed by atoms with van der Waals surface area (Å²) in [5.74, 6) is -0.243. The van der Waals surface area contributed by atoms with Crippen LogP contribution in [0.15, 0.2) is 22.6 Å². The van der Waals surface area contributed by atoms with Gasteiger partial charge in [0, 0.05) is 6.42 Å². The molecule has 0 radical (unpaired) electrons. The highest BCUT2D eigenvalue weighted by atomic mass is 32.1. The Labute approximate surface area is 105 Å². The molecule has 0 aromatic carbocycles. The van der Waals surface area contributed by atoms with E-state index in [1.165, 1.54) is 0 Å². The molecule has 1 aromatic rings. The molecule has 17 heavy (non-hydrogen) atoms. The topological polar surface area (TPSA) is 50.7 Å². The highest BCUT2D eigenvalue weighted by Gasteiger charge is 2.30. The number of thiophene rings is 1. The van der Waals surface area contributed by atoms with Crippen LogP contribution in [0.2, 0.25) is 0 Å². The Bertz CT molecular complexity index is 432. The highest BCUT2D eigenvalue weighted by molar-refractivity contribution is 7.12. The van der Waals surface area contributed by atoms with Crippen molar-refractivity contribution in [3.8, 4) is 0 Å². The third-order valence-corrected chi connectivity index (χ3v) is 3.17. The van der Waals surface area contributed by atoms with E-state index in [0.29, 0.717) is 6.42 Å². The van der Waals surface area contributed by atoms with Crippen LogP contribution in [0.4, 0.5) is 0 Å². The maximum absolute atomic E-state index is 11.8. The summed E-state index contributed by atoms with van der Waals surface area (Å²) in [5.41, 5.74) is 3.31. The third kappa shape index (κ3) is 3.06. The number of nitrogens with zero attached hydrogens (tertiary/aromatic N) is 1. The van der Waals surface area contributed by atoms with Crippen LogP contribution < -0.4 is 5.43 Å². The predicted molar refractivity (Wildman–Crippen MR) is 68.2 cm³/mol.